The third kappa shape index (κ3) is 5.11. The predicted molar refractivity (Wildman–Crippen MR) is 80.4 cm³/mol. The van der Waals surface area contributed by atoms with Crippen LogP contribution in [0.3, 0.4) is 0 Å². The van der Waals surface area contributed by atoms with Crippen LogP contribution >= 0.6 is 0 Å². The zero-order chi connectivity index (χ0) is 15.7. The summed E-state index contributed by atoms with van der Waals surface area (Å²) < 4.78 is 15.2. The van der Waals surface area contributed by atoms with E-state index in [0.717, 1.165) is 25.9 Å². The highest BCUT2D eigenvalue weighted by molar-refractivity contribution is 5.68. The van der Waals surface area contributed by atoms with E-state index in [1.807, 2.05) is 0 Å². The zero-order valence-corrected chi connectivity index (χ0v) is 12.7. The van der Waals surface area contributed by atoms with Gasteiger partial charge >= 0.3 is 0 Å². The average Bonchev–Trinajstić information content (AvgIpc) is 2.49. The second-order valence-electron chi connectivity index (χ2n) is 4.46. The topological polar surface area (TPSA) is 82.9 Å². The predicted octanol–water partition coefficient (Wildman–Crippen LogP) is 2.84. The molecule has 118 valence electrons. The summed E-state index contributed by atoms with van der Waals surface area (Å²) in [4.78, 5) is 10.7. The largest absolute Gasteiger partial charge is 0.493 e. The summed E-state index contributed by atoms with van der Waals surface area (Å²) in [6, 6.07) is 2.96. The van der Waals surface area contributed by atoms with Gasteiger partial charge in [-0.05, 0) is 19.3 Å². The third-order valence-corrected chi connectivity index (χ3v) is 3.04. The molecule has 0 atom stereocenters. The van der Waals surface area contributed by atoms with E-state index in [-0.39, 0.29) is 5.69 Å². The van der Waals surface area contributed by atoms with Gasteiger partial charge in [-0.2, -0.15) is 0 Å². The van der Waals surface area contributed by atoms with Gasteiger partial charge in [0.1, 0.15) is 5.69 Å². The van der Waals surface area contributed by atoms with Crippen LogP contribution in [0.25, 0.3) is 0 Å². The average molecular weight is 298 g/mol. The molecule has 0 radical (unpaired) electrons. The molecule has 1 N–H and O–H groups in total. The molecule has 0 aliphatic heterocycles. The Morgan fingerprint density at radius 3 is 2.33 bits per heavy atom. The number of nitrogens with one attached hydrogen (secondary N) is 1. The molecule has 1 aromatic rings. The molecule has 1 aromatic carbocycles. The molecule has 0 fully saturated rings. The molecule has 0 aromatic heterocycles. The van der Waals surface area contributed by atoms with Gasteiger partial charge in [0.05, 0.1) is 25.2 Å². The molecule has 0 aliphatic rings. The van der Waals surface area contributed by atoms with Gasteiger partial charge in [0.25, 0.3) is 5.69 Å². The number of hydrogen-bond acceptors (Lipinski definition) is 6. The van der Waals surface area contributed by atoms with Crippen LogP contribution in [-0.2, 0) is 4.74 Å². The summed E-state index contributed by atoms with van der Waals surface area (Å²) in [6.07, 6.45) is 2.89. The summed E-state index contributed by atoms with van der Waals surface area (Å²) >= 11 is 0. The van der Waals surface area contributed by atoms with E-state index >= 15 is 0 Å². The molecule has 0 saturated heterocycles. The van der Waals surface area contributed by atoms with Gasteiger partial charge in [0.15, 0.2) is 11.5 Å². The summed E-state index contributed by atoms with van der Waals surface area (Å²) in [5.41, 5.74) is 0.411. The van der Waals surface area contributed by atoms with Crippen molar-refractivity contribution in [2.45, 2.75) is 19.3 Å². The fraction of sp³-hybridized carbons (Fsp3) is 0.571. The Labute approximate surface area is 124 Å². The van der Waals surface area contributed by atoms with E-state index < -0.39 is 4.92 Å². The normalized spacial score (nSPS) is 10.2. The lowest BCUT2D eigenvalue weighted by Crippen LogP contribution is -2.06. The van der Waals surface area contributed by atoms with Crippen LogP contribution in [0.1, 0.15) is 19.3 Å². The van der Waals surface area contributed by atoms with Crippen molar-refractivity contribution >= 4 is 11.4 Å². The van der Waals surface area contributed by atoms with Crippen molar-refractivity contribution in [3.05, 3.63) is 22.2 Å². The monoisotopic (exact) mass is 298 g/mol. The maximum atomic E-state index is 11.1. The van der Waals surface area contributed by atoms with Gasteiger partial charge in [0, 0.05) is 26.3 Å². The molecule has 0 saturated carbocycles. The zero-order valence-electron chi connectivity index (χ0n) is 12.7. The molecule has 21 heavy (non-hydrogen) atoms. The lowest BCUT2D eigenvalue weighted by Gasteiger charge is -2.12. The van der Waals surface area contributed by atoms with Gasteiger partial charge in [0.2, 0.25) is 0 Å². The SMILES string of the molecule is COCCCCCNc1cc(OC)c(OC)cc1[N+](=O)[O-]. The first-order chi connectivity index (χ1) is 10.1. The van der Waals surface area contributed by atoms with E-state index in [4.69, 9.17) is 14.2 Å². The van der Waals surface area contributed by atoms with Crippen molar-refractivity contribution in [2.75, 3.05) is 39.8 Å². The second kappa shape index (κ2) is 9.02. The number of unbranched alkanes of at least 4 members (excludes halogenated alkanes) is 2. The van der Waals surface area contributed by atoms with Crippen molar-refractivity contribution in [2.24, 2.45) is 0 Å². The van der Waals surface area contributed by atoms with Crippen molar-refractivity contribution in [3.63, 3.8) is 0 Å². The van der Waals surface area contributed by atoms with Crippen LogP contribution in [0.15, 0.2) is 12.1 Å². The van der Waals surface area contributed by atoms with E-state index in [2.05, 4.69) is 5.32 Å². The fourth-order valence-corrected chi connectivity index (χ4v) is 1.93. The molecule has 7 heteroatoms. The van der Waals surface area contributed by atoms with Crippen molar-refractivity contribution in [1.29, 1.82) is 0 Å². The Hall–Kier alpha value is -2.02. The van der Waals surface area contributed by atoms with E-state index in [1.165, 1.54) is 20.3 Å². The van der Waals surface area contributed by atoms with E-state index in [0.29, 0.717) is 23.7 Å². The van der Waals surface area contributed by atoms with Crippen LogP contribution in [0.4, 0.5) is 11.4 Å². The van der Waals surface area contributed by atoms with E-state index in [9.17, 15) is 10.1 Å². The maximum absolute atomic E-state index is 11.1. The van der Waals surface area contributed by atoms with Crippen LogP contribution in [0.2, 0.25) is 0 Å². The van der Waals surface area contributed by atoms with Crippen molar-refractivity contribution in [1.82, 2.24) is 0 Å². The molecule has 0 aliphatic carbocycles. The first-order valence-electron chi connectivity index (χ1n) is 6.77. The molecule has 0 heterocycles. The molecule has 0 spiro atoms. The standard InChI is InChI=1S/C14H22N2O5/c1-19-8-6-4-5-7-15-11-9-13(20-2)14(21-3)10-12(11)16(17)18/h9-10,15H,4-8H2,1-3H3. The number of methoxy groups -OCH3 is 3. The summed E-state index contributed by atoms with van der Waals surface area (Å²) in [7, 11) is 4.62. The minimum Gasteiger partial charge on any atom is -0.493 e. The van der Waals surface area contributed by atoms with Crippen molar-refractivity contribution < 1.29 is 19.1 Å². The van der Waals surface area contributed by atoms with Crippen LogP contribution in [-0.4, -0.2) is 39.4 Å². The Balaban J connectivity index is 2.72. The number of anilines is 1. The molecule has 0 amide bonds. The second-order valence-corrected chi connectivity index (χ2v) is 4.46. The summed E-state index contributed by atoms with van der Waals surface area (Å²) in [5.74, 6) is 0.805. The van der Waals surface area contributed by atoms with E-state index in [1.54, 1.807) is 13.2 Å². The van der Waals surface area contributed by atoms with Crippen LogP contribution in [0, 0.1) is 10.1 Å². The molecular formula is C14H22N2O5. The Morgan fingerprint density at radius 1 is 1.10 bits per heavy atom. The van der Waals surface area contributed by atoms with Gasteiger partial charge < -0.3 is 19.5 Å². The first-order valence-corrected chi connectivity index (χ1v) is 6.77. The summed E-state index contributed by atoms with van der Waals surface area (Å²) in [5, 5.41) is 14.2. The highest BCUT2D eigenvalue weighted by atomic mass is 16.6. The fourth-order valence-electron chi connectivity index (χ4n) is 1.93. The Kier molecular flexibility index (Phi) is 7.31. The molecule has 0 unspecified atom stereocenters. The first kappa shape index (κ1) is 17.0. The lowest BCUT2D eigenvalue weighted by molar-refractivity contribution is -0.384. The Morgan fingerprint density at radius 2 is 1.76 bits per heavy atom. The maximum Gasteiger partial charge on any atom is 0.296 e. The van der Waals surface area contributed by atoms with Crippen molar-refractivity contribution in [3.8, 4) is 11.5 Å². The number of nitro groups is 1. The molecular weight excluding hydrogens is 276 g/mol. The highest BCUT2D eigenvalue weighted by Crippen LogP contribution is 2.37. The summed E-state index contributed by atoms with van der Waals surface area (Å²) in [6.45, 7) is 1.39. The van der Waals surface area contributed by atoms with Gasteiger partial charge in [-0.3, -0.25) is 10.1 Å². The van der Waals surface area contributed by atoms with Gasteiger partial charge in [-0.15, -0.1) is 0 Å². The molecule has 7 nitrogen and oxygen atoms in total. The number of ether oxygens (including phenoxy) is 3. The molecule has 1 rings (SSSR count). The quantitative estimate of drug-likeness (QED) is 0.406. The van der Waals surface area contributed by atoms with Crippen LogP contribution in [0.5, 0.6) is 11.5 Å². The third-order valence-electron chi connectivity index (χ3n) is 3.04. The smallest absolute Gasteiger partial charge is 0.296 e. The number of nitrogens with zero attached hydrogens (tertiary/aromatic N) is 1. The highest BCUT2D eigenvalue weighted by Gasteiger charge is 2.19. The van der Waals surface area contributed by atoms with Crippen LogP contribution < -0.4 is 14.8 Å². The minimum atomic E-state index is -0.435. The Bertz CT molecular complexity index is 465. The van der Waals surface area contributed by atoms with Gasteiger partial charge in [-0.1, -0.05) is 0 Å². The number of hydrogen-bond donors (Lipinski definition) is 1. The number of nitro benzene ring substituents is 1. The number of rotatable bonds is 10. The minimum absolute atomic E-state index is 0.0236. The number of benzene rings is 1. The van der Waals surface area contributed by atoms with Gasteiger partial charge in [-0.25, -0.2) is 0 Å². The molecule has 0 bridgehead atoms. The lowest BCUT2D eigenvalue weighted by atomic mass is 10.2.